The summed E-state index contributed by atoms with van der Waals surface area (Å²) in [6.07, 6.45) is 3.76. The molecule has 3 amide bonds. The van der Waals surface area contributed by atoms with Gasteiger partial charge < -0.3 is 21.7 Å². The number of carbonyl (C=O) groups excluding carboxylic acids is 3. The van der Waals surface area contributed by atoms with E-state index in [4.69, 9.17) is 11.5 Å². The number of primary amides is 2. The normalized spacial score (nSPS) is 17.4. The minimum Gasteiger partial charge on any atom is -0.366 e. The van der Waals surface area contributed by atoms with E-state index in [1.54, 1.807) is 17.0 Å². The standard InChI is InChI=1S/C26H29N5O3/c27-14-20-2-1-11-31(20)24(32)15-30-10-9-23-21-7-5-18(25(28)33)12-16(21)3-4-17-13-19(26(29)34)6-8-22(17)23/h5-8,12-13,20,23,30H,1-4,9-11,15H2,(H2,28,33)(H2,29,34). The zero-order valence-electron chi connectivity index (χ0n) is 19.0. The van der Waals surface area contributed by atoms with Crippen LogP contribution in [0.25, 0.3) is 0 Å². The first-order chi connectivity index (χ1) is 16.4. The Morgan fingerprint density at radius 1 is 1.00 bits per heavy atom. The van der Waals surface area contributed by atoms with Gasteiger partial charge in [-0.15, -0.1) is 0 Å². The van der Waals surface area contributed by atoms with Gasteiger partial charge in [-0.25, -0.2) is 0 Å². The van der Waals surface area contributed by atoms with Crippen LogP contribution in [0.15, 0.2) is 36.4 Å². The second-order valence-corrected chi connectivity index (χ2v) is 8.95. The Morgan fingerprint density at radius 2 is 1.59 bits per heavy atom. The number of carbonyl (C=O) groups is 3. The average Bonchev–Trinajstić information content (AvgIpc) is 3.26. The van der Waals surface area contributed by atoms with Gasteiger partial charge in [0.05, 0.1) is 12.6 Å². The lowest BCUT2D eigenvalue weighted by Crippen LogP contribution is -2.40. The lowest BCUT2D eigenvalue weighted by Gasteiger charge is -2.22. The van der Waals surface area contributed by atoms with E-state index in [2.05, 4.69) is 11.4 Å². The molecule has 8 nitrogen and oxygen atoms in total. The number of nitriles is 1. The molecule has 0 bridgehead atoms. The fourth-order valence-corrected chi connectivity index (χ4v) is 5.12. The number of hydrogen-bond donors (Lipinski definition) is 3. The molecule has 0 radical (unpaired) electrons. The second-order valence-electron chi connectivity index (χ2n) is 8.95. The van der Waals surface area contributed by atoms with Crippen molar-refractivity contribution in [3.8, 4) is 6.07 Å². The largest absolute Gasteiger partial charge is 0.366 e. The zero-order valence-corrected chi connectivity index (χ0v) is 19.0. The van der Waals surface area contributed by atoms with Gasteiger partial charge in [0.2, 0.25) is 17.7 Å². The van der Waals surface area contributed by atoms with Gasteiger partial charge in [-0.05, 0) is 85.2 Å². The van der Waals surface area contributed by atoms with Crippen molar-refractivity contribution in [2.24, 2.45) is 11.5 Å². The van der Waals surface area contributed by atoms with E-state index in [1.807, 2.05) is 24.3 Å². The quantitative estimate of drug-likeness (QED) is 0.539. The van der Waals surface area contributed by atoms with Crippen LogP contribution in [0.2, 0.25) is 0 Å². The molecule has 1 aliphatic carbocycles. The summed E-state index contributed by atoms with van der Waals surface area (Å²) in [6, 6.07) is 13.0. The van der Waals surface area contributed by atoms with Crippen molar-refractivity contribution in [2.45, 2.75) is 44.1 Å². The molecule has 8 heteroatoms. The topological polar surface area (TPSA) is 142 Å². The molecule has 34 heavy (non-hydrogen) atoms. The molecule has 2 aliphatic rings. The van der Waals surface area contributed by atoms with Gasteiger partial charge in [0.15, 0.2) is 0 Å². The predicted octanol–water partition coefficient (Wildman–Crippen LogP) is 1.61. The maximum atomic E-state index is 12.5. The molecule has 2 aromatic rings. The molecule has 1 unspecified atom stereocenters. The molecular formula is C26H29N5O3. The highest BCUT2D eigenvalue weighted by atomic mass is 16.2. The lowest BCUT2D eigenvalue weighted by atomic mass is 9.84. The van der Waals surface area contributed by atoms with Crippen LogP contribution in [-0.4, -0.2) is 48.3 Å². The molecule has 0 saturated carbocycles. The van der Waals surface area contributed by atoms with Crippen molar-refractivity contribution in [3.63, 3.8) is 0 Å². The minimum absolute atomic E-state index is 0.0256. The highest BCUT2D eigenvalue weighted by molar-refractivity contribution is 5.93. The van der Waals surface area contributed by atoms with Crippen LogP contribution >= 0.6 is 0 Å². The molecule has 0 spiro atoms. The molecule has 4 rings (SSSR count). The summed E-state index contributed by atoms with van der Waals surface area (Å²) < 4.78 is 0. The Morgan fingerprint density at radius 3 is 2.12 bits per heavy atom. The molecule has 1 saturated heterocycles. The average molecular weight is 460 g/mol. The summed E-state index contributed by atoms with van der Waals surface area (Å²) in [5.41, 5.74) is 16.3. The molecule has 2 aromatic carbocycles. The van der Waals surface area contributed by atoms with E-state index in [0.29, 0.717) is 24.2 Å². The summed E-state index contributed by atoms with van der Waals surface area (Å²) in [5.74, 6) is -0.953. The van der Waals surface area contributed by atoms with Gasteiger partial charge in [0, 0.05) is 23.6 Å². The summed E-state index contributed by atoms with van der Waals surface area (Å²) >= 11 is 0. The summed E-state index contributed by atoms with van der Waals surface area (Å²) in [6.45, 7) is 1.41. The van der Waals surface area contributed by atoms with E-state index in [-0.39, 0.29) is 24.4 Å². The van der Waals surface area contributed by atoms with E-state index >= 15 is 0 Å². The molecular weight excluding hydrogens is 430 g/mol. The van der Waals surface area contributed by atoms with Crippen LogP contribution in [-0.2, 0) is 17.6 Å². The number of nitrogens with zero attached hydrogens (tertiary/aromatic N) is 2. The number of nitrogens with two attached hydrogens (primary N) is 2. The Kier molecular flexibility index (Phi) is 6.94. The van der Waals surface area contributed by atoms with Crippen LogP contribution in [0.4, 0.5) is 0 Å². The van der Waals surface area contributed by atoms with Crippen molar-refractivity contribution in [3.05, 3.63) is 69.8 Å². The van der Waals surface area contributed by atoms with Gasteiger partial charge in [-0.2, -0.15) is 5.26 Å². The van der Waals surface area contributed by atoms with E-state index < -0.39 is 11.8 Å². The Hall–Kier alpha value is -3.70. The molecule has 1 heterocycles. The molecule has 1 aliphatic heterocycles. The molecule has 176 valence electrons. The van der Waals surface area contributed by atoms with Crippen molar-refractivity contribution in [2.75, 3.05) is 19.6 Å². The maximum absolute atomic E-state index is 12.5. The number of fused-ring (bicyclic) bond motifs is 2. The number of benzene rings is 2. The maximum Gasteiger partial charge on any atom is 0.248 e. The minimum atomic E-state index is -0.463. The summed E-state index contributed by atoms with van der Waals surface area (Å²) in [5, 5.41) is 12.5. The van der Waals surface area contributed by atoms with E-state index in [0.717, 1.165) is 54.4 Å². The number of hydrogen-bond acceptors (Lipinski definition) is 5. The van der Waals surface area contributed by atoms with Crippen LogP contribution in [0.3, 0.4) is 0 Å². The predicted molar refractivity (Wildman–Crippen MR) is 127 cm³/mol. The van der Waals surface area contributed by atoms with Gasteiger partial charge in [0.25, 0.3) is 0 Å². The van der Waals surface area contributed by atoms with Gasteiger partial charge in [0.1, 0.15) is 6.04 Å². The number of likely N-dealkylation sites (tertiary alicyclic amines) is 1. The Bertz CT molecular complexity index is 1100. The van der Waals surface area contributed by atoms with Crippen molar-refractivity contribution < 1.29 is 14.4 Å². The highest BCUT2D eigenvalue weighted by Gasteiger charge is 2.28. The molecule has 0 aromatic heterocycles. The van der Waals surface area contributed by atoms with Crippen LogP contribution in [0.1, 0.15) is 68.2 Å². The first-order valence-corrected chi connectivity index (χ1v) is 11.6. The molecule has 1 fully saturated rings. The van der Waals surface area contributed by atoms with E-state index in [1.165, 1.54) is 0 Å². The van der Waals surface area contributed by atoms with Crippen molar-refractivity contribution in [1.29, 1.82) is 5.26 Å². The monoisotopic (exact) mass is 459 g/mol. The lowest BCUT2D eigenvalue weighted by molar-refractivity contribution is -0.130. The van der Waals surface area contributed by atoms with Crippen LogP contribution in [0.5, 0.6) is 0 Å². The van der Waals surface area contributed by atoms with Crippen LogP contribution < -0.4 is 16.8 Å². The van der Waals surface area contributed by atoms with Gasteiger partial charge in [-0.3, -0.25) is 14.4 Å². The first kappa shape index (κ1) is 23.5. The SMILES string of the molecule is N#CC1CCCN1C(=O)CNCCC1c2ccc(C(N)=O)cc2CCc2cc(C(N)=O)ccc21. The number of nitrogens with one attached hydrogen (secondary N) is 1. The third-order valence-electron chi connectivity index (χ3n) is 6.88. The summed E-state index contributed by atoms with van der Waals surface area (Å²) in [7, 11) is 0. The zero-order chi connectivity index (χ0) is 24.2. The van der Waals surface area contributed by atoms with Crippen LogP contribution in [0, 0.1) is 11.3 Å². The van der Waals surface area contributed by atoms with E-state index in [9.17, 15) is 19.6 Å². The Balaban J connectivity index is 1.54. The van der Waals surface area contributed by atoms with Crippen molar-refractivity contribution in [1.82, 2.24) is 10.2 Å². The fraction of sp³-hybridized carbons (Fsp3) is 0.385. The smallest absolute Gasteiger partial charge is 0.248 e. The van der Waals surface area contributed by atoms with Crippen molar-refractivity contribution >= 4 is 17.7 Å². The first-order valence-electron chi connectivity index (χ1n) is 11.6. The fourth-order valence-electron chi connectivity index (χ4n) is 5.12. The number of aryl methyl sites for hydroxylation is 2. The Labute approximate surface area is 198 Å². The molecule has 5 N–H and O–H groups in total. The van der Waals surface area contributed by atoms with Gasteiger partial charge >= 0.3 is 0 Å². The second kappa shape index (κ2) is 10.1. The van der Waals surface area contributed by atoms with Gasteiger partial charge in [-0.1, -0.05) is 12.1 Å². The third kappa shape index (κ3) is 4.80. The number of amides is 3. The third-order valence-corrected chi connectivity index (χ3v) is 6.88. The summed E-state index contributed by atoms with van der Waals surface area (Å²) in [4.78, 5) is 37.6. The molecule has 1 atom stereocenters. The highest BCUT2D eigenvalue weighted by Crippen LogP contribution is 2.37. The number of rotatable bonds is 7.